The highest BCUT2D eigenvalue weighted by Gasteiger charge is 2.31. The Hall–Kier alpha value is -2.49. The number of hydrogen-bond acceptors (Lipinski definition) is 5. The topological polar surface area (TPSA) is 96.0 Å². The Morgan fingerprint density at radius 1 is 1.08 bits per heavy atom. The summed E-state index contributed by atoms with van der Waals surface area (Å²) in [5.41, 5.74) is 0.904. The van der Waals surface area contributed by atoms with Crippen molar-refractivity contribution in [2.75, 3.05) is 23.7 Å². The van der Waals surface area contributed by atoms with Crippen LogP contribution >= 0.6 is 23.2 Å². The van der Waals surface area contributed by atoms with Gasteiger partial charge in [-0.1, -0.05) is 48.5 Å². The summed E-state index contributed by atoms with van der Waals surface area (Å²) in [5, 5.41) is 3.86. The fourth-order valence-corrected chi connectivity index (χ4v) is 5.79. The van der Waals surface area contributed by atoms with Crippen LogP contribution < -0.4 is 14.4 Å². The molecule has 1 aliphatic rings. The maximum absolute atomic E-state index is 13.7. The van der Waals surface area contributed by atoms with Crippen LogP contribution in [0.5, 0.6) is 5.75 Å². The predicted octanol–water partition coefficient (Wildman–Crippen LogP) is 5.02. The molecule has 3 rings (SSSR count). The first-order chi connectivity index (χ1) is 18.0. The number of sulfonamides is 1. The monoisotopic (exact) mass is 583 g/mol. The number of hydrogen-bond donors (Lipinski definition) is 1. The molecular formula is C27H35Cl2N3O5S. The van der Waals surface area contributed by atoms with Crippen LogP contribution in [0, 0.1) is 0 Å². The standard InChI is InChI=1S/C27H35Cl2N3O5S/c1-4-37-24-14-12-23(13-15-24)32(38(3,35)36)18-26(33)31(17-20-10-11-21(28)16-25(20)29)19(2)27(34)30-22-8-6-5-7-9-22/h10-16,19,22H,4-9,17-18H2,1-3H3,(H,30,34). The van der Waals surface area contributed by atoms with Gasteiger partial charge in [0, 0.05) is 22.6 Å². The minimum Gasteiger partial charge on any atom is -0.494 e. The van der Waals surface area contributed by atoms with E-state index in [9.17, 15) is 18.0 Å². The third-order valence-electron chi connectivity index (χ3n) is 6.59. The second-order valence-electron chi connectivity index (χ2n) is 9.47. The fraction of sp³-hybridized carbons (Fsp3) is 0.481. The van der Waals surface area contributed by atoms with Gasteiger partial charge >= 0.3 is 0 Å². The third kappa shape index (κ3) is 8.25. The van der Waals surface area contributed by atoms with E-state index >= 15 is 0 Å². The van der Waals surface area contributed by atoms with E-state index in [2.05, 4.69) is 5.32 Å². The van der Waals surface area contributed by atoms with Gasteiger partial charge in [-0.3, -0.25) is 13.9 Å². The molecular weight excluding hydrogens is 549 g/mol. The summed E-state index contributed by atoms with van der Waals surface area (Å²) in [6, 6.07) is 10.6. The minimum atomic E-state index is -3.83. The number of carbonyl (C=O) groups is 2. The number of carbonyl (C=O) groups excluding carboxylic acids is 2. The lowest BCUT2D eigenvalue weighted by molar-refractivity contribution is -0.139. The molecule has 1 atom stereocenters. The van der Waals surface area contributed by atoms with Crippen molar-refractivity contribution in [1.82, 2.24) is 10.2 Å². The molecule has 2 amide bonds. The SMILES string of the molecule is CCOc1ccc(N(CC(=O)N(Cc2ccc(Cl)cc2Cl)C(C)C(=O)NC2CCCCC2)S(C)(=O)=O)cc1. The van der Waals surface area contributed by atoms with Crippen LogP contribution in [0.15, 0.2) is 42.5 Å². The van der Waals surface area contributed by atoms with E-state index in [4.69, 9.17) is 27.9 Å². The molecule has 2 aromatic rings. The maximum atomic E-state index is 13.7. The number of benzene rings is 2. The fourth-order valence-electron chi connectivity index (χ4n) is 4.47. The van der Waals surface area contributed by atoms with Gasteiger partial charge in [-0.25, -0.2) is 8.42 Å². The highest BCUT2D eigenvalue weighted by atomic mass is 35.5. The van der Waals surface area contributed by atoms with E-state index in [-0.39, 0.29) is 18.5 Å². The van der Waals surface area contributed by atoms with Crippen LogP contribution in [0.1, 0.15) is 51.5 Å². The number of nitrogens with one attached hydrogen (secondary N) is 1. The summed E-state index contributed by atoms with van der Waals surface area (Å²) in [4.78, 5) is 28.3. The van der Waals surface area contributed by atoms with Gasteiger partial charge in [0.2, 0.25) is 21.8 Å². The van der Waals surface area contributed by atoms with Gasteiger partial charge in [-0.2, -0.15) is 0 Å². The normalized spacial score (nSPS) is 15.0. The Morgan fingerprint density at radius 2 is 1.74 bits per heavy atom. The smallest absolute Gasteiger partial charge is 0.244 e. The van der Waals surface area contributed by atoms with E-state index in [0.29, 0.717) is 33.7 Å². The molecule has 0 spiro atoms. The molecule has 0 bridgehead atoms. The van der Waals surface area contributed by atoms with Crippen LogP contribution in [0.2, 0.25) is 10.0 Å². The number of amides is 2. The van der Waals surface area contributed by atoms with Gasteiger partial charge in [0.1, 0.15) is 18.3 Å². The highest BCUT2D eigenvalue weighted by molar-refractivity contribution is 7.92. The molecule has 1 fully saturated rings. The molecule has 2 aromatic carbocycles. The third-order valence-corrected chi connectivity index (χ3v) is 8.32. The van der Waals surface area contributed by atoms with Gasteiger partial charge in [0.15, 0.2) is 0 Å². The van der Waals surface area contributed by atoms with E-state index < -0.39 is 28.5 Å². The molecule has 1 aliphatic carbocycles. The molecule has 0 aromatic heterocycles. The van der Waals surface area contributed by atoms with Gasteiger partial charge in [-0.05, 0) is 68.7 Å². The van der Waals surface area contributed by atoms with Crippen LogP contribution in [-0.4, -0.2) is 56.6 Å². The van der Waals surface area contributed by atoms with Crippen molar-refractivity contribution in [3.05, 3.63) is 58.1 Å². The summed E-state index contributed by atoms with van der Waals surface area (Å²) in [6.07, 6.45) is 6.08. The van der Waals surface area contributed by atoms with Crippen molar-refractivity contribution in [1.29, 1.82) is 0 Å². The largest absolute Gasteiger partial charge is 0.494 e. The number of rotatable bonds is 11. The molecule has 208 valence electrons. The quantitative estimate of drug-likeness (QED) is 0.400. The van der Waals surface area contributed by atoms with Crippen LogP contribution in [0.3, 0.4) is 0 Å². The van der Waals surface area contributed by atoms with Crippen LogP contribution in [0.4, 0.5) is 5.69 Å². The zero-order valence-electron chi connectivity index (χ0n) is 22.0. The molecule has 0 heterocycles. The van der Waals surface area contributed by atoms with Crippen molar-refractivity contribution in [3.63, 3.8) is 0 Å². The Labute approximate surface area is 235 Å². The number of ether oxygens (including phenoxy) is 1. The van der Waals surface area contributed by atoms with Gasteiger partial charge in [-0.15, -0.1) is 0 Å². The Balaban J connectivity index is 1.88. The first-order valence-corrected chi connectivity index (χ1v) is 15.3. The average Bonchev–Trinajstić information content (AvgIpc) is 2.87. The summed E-state index contributed by atoms with van der Waals surface area (Å²) in [7, 11) is -3.83. The predicted molar refractivity (Wildman–Crippen MR) is 151 cm³/mol. The van der Waals surface area contributed by atoms with Gasteiger partial charge < -0.3 is 15.0 Å². The molecule has 1 unspecified atom stereocenters. The van der Waals surface area contributed by atoms with Crippen molar-refractivity contribution in [2.45, 2.75) is 64.6 Å². The molecule has 0 radical (unpaired) electrons. The first kappa shape index (κ1) is 30.1. The Morgan fingerprint density at radius 3 is 2.32 bits per heavy atom. The number of anilines is 1. The van der Waals surface area contributed by atoms with Gasteiger partial charge in [0.25, 0.3) is 0 Å². The Bertz CT molecular complexity index is 1220. The Kier molecular flexibility index (Phi) is 10.7. The van der Waals surface area contributed by atoms with Crippen molar-refractivity contribution < 1.29 is 22.7 Å². The van der Waals surface area contributed by atoms with E-state index in [1.807, 2.05) is 6.92 Å². The zero-order chi connectivity index (χ0) is 27.9. The molecule has 38 heavy (non-hydrogen) atoms. The second kappa shape index (κ2) is 13.5. The van der Waals surface area contributed by atoms with Crippen molar-refractivity contribution >= 4 is 50.7 Å². The average molecular weight is 585 g/mol. The molecule has 0 saturated heterocycles. The lowest BCUT2D eigenvalue weighted by atomic mass is 9.95. The molecule has 11 heteroatoms. The first-order valence-electron chi connectivity index (χ1n) is 12.7. The lowest BCUT2D eigenvalue weighted by Gasteiger charge is -2.33. The zero-order valence-corrected chi connectivity index (χ0v) is 24.3. The van der Waals surface area contributed by atoms with Gasteiger partial charge in [0.05, 0.1) is 18.6 Å². The second-order valence-corrected chi connectivity index (χ2v) is 12.2. The van der Waals surface area contributed by atoms with E-state index in [1.54, 1.807) is 49.4 Å². The summed E-state index contributed by atoms with van der Waals surface area (Å²) in [6.45, 7) is 3.48. The molecule has 1 saturated carbocycles. The van der Waals surface area contributed by atoms with Crippen molar-refractivity contribution in [2.24, 2.45) is 0 Å². The van der Waals surface area contributed by atoms with Crippen LogP contribution in [-0.2, 0) is 26.2 Å². The number of nitrogens with zero attached hydrogens (tertiary/aromatic N) is 2. The summed E-state index contributed by atoms with van der Waals surface area (Å²) >= 11 is 12.4. The summed E-state index contributed by atoms with van der Waals surface area (Å²) in [5.74, 6) is -0.244. The molecule has 8 nitrogen and oxygen atoms in total. The number of halogens is 2. The van der Waals surface area contributed by atoms with E-state index in [0.717, 1.165) is 42.7 Å². The maximum Gasteiger partial charge on any atom is 0.244 e. The molecule has 1 N–H and O–H groups in total. The van der Waals surface area contributed by atoms with Crippen LogP contribution in [0.25, 0.3) is 0 Å². The highest BCUT2D eigenvalue weighted by Crippen LogP contribution is 2.26. The molecule has 0 aliphatic heterocycles. The van der Waals surface area contributed by atoms with Crippen molar-refractivity contribution in [3.8, 4) is 5.75 Å². The lowest BCUT2D eigenvalue weighted by Crippen LogP contribution is -2.53. The minimum absolute atomic E-state index is 0.00890. The summed E-state index contributed by atoms with van der Waals surface area (Å²) < 4.78 is 31.9. The van der Waals surface area contributed by atoms with E-state index in [1.165, 1.54) is 4.90 Å².